The minimum atomic E-state index is -0.298. The molecule has 6 heteroatoms. The first-order chi connectivity index (χ1) is 9.00. The predicted octanol–water partition coefficient (Wildman–Crippen LogP) is 1.93. The third kappa shape index (κ3) is 3.06. The maximum absolute atomic E-state index is 11.6. The van der Waals surface area contributed by atoms with Gasteiger partial charge < -0.3 is 16.4 Å². The number of nitrogens with zero attached hydrogens (tertiary/aromatic N) is 1. The second kappa shape index (κ2) is 5.88. The molecule has 4 nitrogen and oxygen atoms in total. The van der Waals surface area contributed by atoms with Gasteiger partial charge in [-0.1, -0.05) is 28.1 Å². The molecule has 1 atom stereocenters. The molecule has 1 fully saturated rings. The van der Waals surface area contributed by atoms with E-state index in [4.69, 9.17) is 23.7 Å². The molecule has 1 aliphatic rings. The highest BCUT2D eigenvalue weighted by atomic mass is 79.9. The highest BCUT2D eigenvalue weighted by molar-refractivity contribution is 9.10. The smallest absolute Gasteiger partial charge is 0.240 e. The van der Waals surface area contributed by atoms with Gasteiger partial charge in [0.2, 0.25) is 5.91 Å². The van der Waals surface area contributed by atoms with Crippen molar-refractivity contribution in [2.45, 2.75) is 25.3 Å². The first-order valence-corrected chi connectivity index (χ1v) is 7.36. The van der Waals surface area contributed by atoms with Crippen LogP contribution in [0.1, 0.15) is 24.8 Å². The lowest BCUT2D eigenvalue weighted by Gasteiger charge is -2.36. The fraction of sp³-hybridized carbons (Fsp3) is 0.385. The van der Waals surface area contributed by atoms with Gasteiger partial charge in [-0.05, 0) is 37.5 Å². The zero-order valence-corrected chi connectivity index (χ0v) is 12.8. The molecule has 2 rings (SSSR count). The van der Waals surface area contributed by atoms with Gasteiger partial charge in [0.15, 0.2) is 0 Å². The van der Waals surface area contributed by atoms with Crippen molar-refractivity contribution in [3.05, 3.63) is 28.2 Å². The van der Waals surface area contributed by atoms with Crippen LogP contribution in [0.5, 0.6) is 0 Å². The number of primary amides is 1. The summed E-state index contributed by atoms with van der Waals surface area (Å²) in [5.74, 6) is -0.298. The molecule has 1 saturated heterocycles. The molecule has 0 radical (unpaired) electrons. The number of amides is 1. The van der Waals surface area contributed by atoms with Crippen molar-refractivity contribution in [2.24, 2.45) is 11.5 Å². The summed E-state index contributed by atoms with van der Waals surface area (Å²) in [5, 5.41) is 0. The fourth-order valence-electron chi connectivity index (χ4n) is 2.47. The summed E-state index contributed by atoms with van der Waals surface area (Å²) in [6.45, 7) is 0.791. The Balaban J connectivity index is 2.46. The number of hydrogen-bond donors (Lipinski definition) is 2. The Hall–Kier alpha value is -1.14. The molecule has 0 spiro atoms. The summed E-state index contributed by atoms with van der Waals surface area (Å²) in [7, 11) is 0. The van der Waals surface area contributed by atoms with Crippen LogP contribution >= 0.6 is 28.1 Å². The Labute approximate surface area is 126 Å². The van der Waals surface area contributed by atoms with E-state index in [0.29, 0.717) is 4.99 Å². The van der Waals surface area contributed by atoms with E-state index in [1.54, 1.807) is 0 Å². The van der Waals surface area contributed by atoms with Crippen LogP contribution in [0.15, 0.2) is 22.7 Å². The molecule has 1 aromatic carbocycles. The SMILES string of the molecule is NC(=O)C1CCCCN1c1cc(Br)ccc1C(N)=S. The second-order valence-electron chi connectivity index (χ2n) is 4.63. The lowest BCUT2D eigenvalue weighted by molar-refractivity contribution is -0.119. The van der Waals surface area contributed by atoms with Crippen LogP contribution in [0.4, 0.5) is 5.69 Å². The van der Waals surface area contributed by atoms with Crippen molar-refractivity contribution < 1.29 is 4.79 Å². The van der Waals surface area contributed by atoms with E-state index < -0.39 is 0 Å². The van der Waals surface area contributed by atoms with Gasteiger partial charge in [-0.2, -0.15) is 0 Å². The molecular weight excluding hydrogens is 326 g/mol. The van der Waals surface area contributed by atoms with E-state index in [2.05, 4.69) is 15.9 Å². The number of halogens is 1. The maximum Gasteiger partial charge on any atom is 0.240 e. The standard InChI is InChI=1S/C13H16BrN3OS/c14-8-4-5-9(13(16)19)11(7-8)17-6-2-1-3-10(17)12(15)18/h4-5,7,10H,1-3,6H2,(H2,15,18)(H2,16,19). The average molecular weight is 342 g/mol. The lowest BCUT2D eigenvalue weighted by atomic mass is 9.99. The van der Waals surface area contributed by atoms with Gasteiger partial charge in [0.25, 0.3) is 0 Å². The van der Waals surface area contributed by atoms with Gasteiger partial charge in [0, 0.05) is 22.3 Å². The first kappa shape index (κ1) is 14.3. The zero-order chi connectivity index (χ0) is 14.0. The van der Waals surface area contributed by atoms with Crippen LogP contribution in [-0.4, -0.2) is 23.5 Å². The first-order valence-electron chi connectivity index (χ1n) is 6.16. The molecule has 1 heterocycles. The number of thiocarbonyl (C=S) groups is 1. The highest BCUT2D eigenvalue weighted by Crippen LogP contribution is 2.30. The Morgan fingerprint density at radius 1 is 1.37 bits per heavy atom. The molecule has 0 bridgehead atoms. The molecular formula is C13H16BrN3OS. The van der Waals surface area contributed by atoms with Gasteiger partial charge >= 0.3 is 0 Å². The van der Waals surface area contributed by atoms with E-state index in [9.17, 15) is 4.79 Å². The second-order valence-corrected chi connectivity index (χ2v) is 5.99. The third-order valence-electron chi connectivity index (χ3n) is 3.37. The molecule has 1 unspecified atom stereocenters. The Morgan fingerprint density at radius 2 is 2.11 bits per heavy atom. The zero-order valence-electron chi connectivity index (χ0n) is 10.4. The third-order valence-corrected chi connectivity index (χ3v) is 4.08. The van der Waals surface area contributed by atoms with Gasteiger partial charge in [-0.25, -0.2) is 0 Å². The molecule has 1 aromatic rings. The van der Waals surface area contributed by atoms with Gasteiger partial charge in [0.1, 0.15) is 11.0 Å². The molecule has 0 saturated carbocycles. The molecule has 1 amide bonds. The van der Waals surface area contributed by atoms with Crippen molar-refractivity contribution in [3.8, 4) is 0 Å². The fourth-order valence-corrected chi connectivity index (χ4v) is 2.99. The quantitative estimate of drug-likeness (QED) is 0.824. The van der Waals surface area contributed by atoms with Crippen molar-refractivity contribution >= 4 is 44.7 Å². The number of rotatable bonds is 3. The molecule has 1 aliphatic heterocycles. The van der Waals surface area contributed by atoms with Crippen LogP contribution in [0.3, 0.4) is 0 Å². The van der Waals surface area contributed by atoms with E-state index in [-0.39, 0.29) is 11.9 Å². The summed E-state index contributed by atoms with van der Waals surface area (Å²) >= 11 is 8.53. The van der Waals surface area contributed by atoms with E-state index >= 15 is 0 Å². The van der Waals surface area contributed by atoms with Crippen LogP contribution in [-0.2, 0) is 4.79 Å². The summed E-state index contributed by atoms with van der Waals surface area (Å²) in [6.07, 6.45) is 2.83. The molecule has 19 heavy (non-hydrogen) atoms. The molecule has 4 N–H and O–H groups in total. The van der Waals surface area contributed by atoms with Crippen molar-refractivity contribution in [3.63, 3.8) is 0 Å². The van der Waals surface area contributed by atoms with Crippen LogP contribution in [0.2, 0.25) is 0 Å². The Morgan fingerprint density at radius 3 is 2.74 bits per heavy atom. The molecule has 102 valence electrons. The summed E-state index contributed by atoms with van der Waals surface area (Å²) in [4.78, 5) is 14.0. The number of anilines is 1. The summed E-state index contributed by atoms with van der Waals surface area (Å²) in [5.41, 5.74) is 12.9. The van der Waals surface area contributed by atoms with E-state index in [0.717, 1.165) is 41.5 Å². The Bertz CT molecular complexity index is 521. The average Bonchev–Trinajstić information content (AvgIpc) is 2.38. The minimum Gasteiger partial charge on any atom is -0.389 e. The van der Waals surface area contributed by atoms with Gasteiger partial charge in [-0.3, -0.25) is 4.79 Å². The van der Waals surface area contributed by atoms with Crippen molar-refractivity contribution in [1.29, 1.82) is 0 Å². The number of nitrogens with two attached hydrogens (primary N) is 2. The number of carbonyl (C=O) groups excluding carboxylic acids is 1. The number of carbonyl (C=O) groups is 1. The minimum absolute atomic E-state index is 0.281. The molecule has 0 aromatic heterocycles. The summed E-state index contributed by atoms with van der Waals surface area (Å²) in [6, 6.07) is 5.42. The van der Waals surface area contributed by atoms with Gasteiger partial charge in [-0.15, -0.1) is 0 Å². The monoisotopic (exact) mass is 341 g/mol. The maximum atomic E-state index is 11.6. The Kier molecular flexibility index (Phi) is 4.42. The van der Waals surface area contributed by atoms with E-state index in [1.807, 2.05) is 23.1 Å². The lowest BCUT2D eigenvalue weighted by Crippen LogP contribution is -2.48. The van der Waals surface area contributed by atoms with Crippen molar-refractivity contribution in [1.82, 2.24) is 0 Å². The van der Waals surface area contributed by atoms with Gasteiger partial charge in [0.05, 0.1) is 0 Å². The number of piperidine rings is 1. The summed E-state index contributed by atoms with van der Waals surface area (Å²) < 4.78 is 0.927. The highest BCUT2D eigenvalue weighted by Gasteiger charge is 2.28. The van der Waals surface area contributed by atoms with Crippen LogP contribution < -0.4 is 16.4 Å². The van der Waals surface area contributed by atoms with Crippen LogP contribution in [0, 0.1) is 0 Å². The molecule has 0 aliphatic carbocycles. The van der Waals surface area contributed by atoms with E-state index in [1.165, 1.54) is 0 Å². The van der Waals surface area contributed by atoms with Crippen molar-refractivity contribution in [2.75, 3.05) is 11.4 Å². The topological polar surface area (TPSA) is 72.4 Å². The number of hydrogen-bond acceptors (Lipinski definition) is 3. The normalized spacial score (nSPS) is 19.2. The van der Waals surface area contributed by atoms with Crippen LogP contribution in [0.25, 0.3) is 0 Å². The largest absolute Gasteiger partial charge is 0.389 e. The predicted molar refractivity (Wildman–Crippen MR) is 84.2 cm³/mol. The number of benzene rings is 1.